The van der Waals surface area contributed by atoms with Gasteiger partial charge in [-0.25, -0.2) is 0 Å². The van der Waals surface area contributed by atoms with E-state index in [-0.39, 0.29) is 6.42 Å². The number of halogens is 1. The molecule has 1 aromatic carbocycles. The summed E-state index contributed by atoms with van der Waals surface area (Å²) >= 11 is 5.91. The minimum absolute atomic E-state index is 0.179. The van der Waals surface area contributed by atoms with Crippen molar-refractivity contribution < 1.29 is 27.2 Å². The van der Waals surface area contributed by atoms with Crippen molar-refractivity contribution in [1.82, 2.24) is 0 Å². The standard InChI is InChI=1S/C13H19ClO6P2/c1-10-9-13(20-21(10,15)17-2,22(16,18-3)19-4)11-5-7-12(14)8-6-11/h5-8,10H,9H2,1-4H3. The van der Waals surface area contributed by atoms with Gasteiger partial charge in [-0.05, 0) is 17.7 Å². The van der Waals surface area contributed by atoms with E-state index in [1.54, 1.807) is 31.2 Å². The number of benzene rings is 1. The highest BCUT2D eigenvalue weighted by Crippen LogP contribution is 2.78. The zero-order chi connectivity index (χ0) is 16.6. The van der Waals surface area contributed by atoms with Crippen molar-refractivity contribution in [3.8, 4) is 0 Å². The summed E-state index contributed by atoms with van der Waals surface area (Å²) in [6.07, 6.45) is 0.179. The van der Waals surface area contributed by atoms with E-state index < -0.39 is 26.2 Å². The molecule has 1 aromatic rings. The molecule has 0 amide bonds. The fourth-order valence-corrected chi connectivity index (χ4v) is 7.05. The van der Waals surface area contributed by atoms with E-state index in [0.717, 1.165) is 0 Å². The van der Waals surface area contributed by atoms with Gasteiger partial charge in [-0.1, -0.05) is 30.7 Å². The summed E-state index contributed by atoms with van der Waals surface area (Å²) in [4.78, 5) is 0. The van der Waals surface area contributed by atoms with Crippen LogP contribution in [0.1, 0.15) is 18.9 Å². The summed E-state index contributed by atoms with van der Waals surface area (Å²) in [5.74, 6) is 0. The average molecular weight is 369 g/mol. The molecular weight excluding hydrogens is 350 g/mol. The molecule has 1 heterocycles. The summed E-state index contributed by atoms with van der Waals surface area (Å²) < 4.78 is 47.0. The van der Waals surface area contributed by atoms with Crippen LogP contribution >= 0.6 is 26.8 Å². The van der Waals surface area contributed by atoms with Gasteiger partial charge < -0.3 is 13.6 Å². The Morgan fingerprint density at radius 1 is 1.27 bits per heavy atom. The highest BCUT2D eigenvalue weighted by Gasteiger charge is 2.64. The Hall–Kier alpha value is -0.190. The van der Waals surface area contributed by atoms with E-state index in [9.17, 15) is 9.13 Å². The Labute approximate surface area is 135 Å². The van der Waals surface area contributed by atoms with Crippen LogP contribution < -0.4 is 0 Å². The van der Waals surface area contributed by atoms with Crippen molar-refractivity contribution in [3.05, 3.63) is 34.9 Å². The fraction of sp³-hybridized carbons (Fsp3) is 0.538. The zero-order valence-corrected chi connectivity index (χ0v) is 15.4. The Bertz CT molecular complexity index is 626. The SMILES string of the molecule is COP1(=O)OC(c2ccc(Cl)cc2)(P(=O)(OC)OC)CC1C. The smallest absolute Gasteiger partial charge is 0.312 e. The summed E-state index contributed by atoms with van der Waals surface area (Å²) in [6, 6.07) is 6.59. The predicted molar refractivity (Wildman–Crippen MR) is 84.5 cm³/mol. The number of hydrogen-bond acceptors (Lipinski definition) is 6. The molecule has 1 aliphatic rings. The number of hydrogen-bond donors (Lipinski definition) is 0. The Balaban J connectivity index is 2.65. The van der Waals surface area contributed by atoms with Gasteiger partial charge in [-0.15, -0.1) is 0 Å². The lowest BCUT2D eigenvalue weighted by atomic mass is 10.0. The maximum Gasteiger partial charge on any atom is 0.366 e. The highest BCUT2D eigenvalue weighted by molar-refractivity contribution is 7.59. The first-order valence-electron chi connectivity index (χ1n) is 6.61. The Morgan fingerprint density at radius 3 is 2.23 bits per heavy atom. The van der Waals surface area contributed by atoms with E-state index in [1.807, 2.05) is 0 Å². The molecule has 0 radical (unpaired) electrons. The first-order chi connectivity index (χ1) is 10.3. The van der Waals surface area contributed by atoms with Crippen LogP contribution in [-0.2, 0) is 32.6 Å². The molecule has 0 aliphatic carbocycles. The summed E-state index contributed by atoms with van der Waals surface area (Å²) in [6.45, 7) is 1.72. The molecule has 0 saturated carbocycles. The van der Waals surface area contributed by atoms with Gasteiger partial charge in [0.1, 0.15) is 0 Å². The van der Waals surface area contributed by atoms with Gasteiger partial charge in [0.25, 0.3) is 0 Å². The van der Waals surface area contributed by atoms with Gasteiger partial charge in [0, 0.05) is 32.8 Å². The van der Waals surface area contributed by atoms with Crippen LogP contribution in [0.3, 0.4) is 0 Å². The third-order valence-corrected chi connectivity index (χ3v) is 8.97. The van der Waals surface area contributed by atoms with Gasteiger partial charge in [0.05, 0.1) is 5.66 Å². The van der Waals surface area contributed by atoms with Crippen molar-refractivity contribution in [1.29, 1.82) is 0 Å². The van der Waals surface area contributed by atoms with Crippen molar-refractivity contribution in [2.45, 2.75) is 24.3 Å². The first-order valence-corrected chi connectivity index (χ1v) is 10.1. The topological polar surface area (TPSA) is 71.1 Å². The molecule has 2 rings (SSSR count). The molecule has 0 N–H and O–H groups in total. The lowest BCUT2D eigenvalue weighted by Gasteiger charge is -2.33. The summed E-state index contributed by atoms with van der Waals surface area (Å²) in [7, 11) is -3.33. The molecule has 9 heteroatoms. The van der Waals surface area contributed by atoms with Crippen LogP contribution in [0.25, 0.3) is 0 Å². The van der Waals surface area contributed by atoms with Gasteiger partial charge >= 0.3 is 15.2 Å². The van der Waals surface area contributed by atoms with Crippen LogP contribution in [0.2, 0.25) is 5.02 Å². The van der Waals surface area contributed by atoms with E-state index >= 15 is 0 Å². The third-order valence-electron chi connectivity index (χ3n) is 3.86. The normalized spacial score (nSPS) is 32.3. The van der Waals surface area contributed by atoms with E-state index in [1.165, 1.54) is 21.3 Å². The first kappa shape index (κ1) is 18.2. The second-order valence-electron chi connectivity index (χ2n) is 5.02. The van der Waals surface area contributed by atoms with Crippen molar-refractivity contribution in [2.75, 3.05) is 21.3 Å². The Kier molecular flexibility index (Phi) is 5.25. The molecule has 0 spiro atoms. The minimum atomic E-state index is -3.74. The van der Waals surface area contributed by atoms with E-state index in [2.05, 4.69) is 0 Å². The maximum absolute atomic E-state index is 13.1. The molecule has 3 atom stereocenters. The molecule has 1 fully saturated rings. The van der Waals surface area contributed by atoms with Crippen LogP contribution in [0.5, 0.6) is 0 Å². The molecule has 22 heavy (non-hydrogen) atoms. The molecule has 1 saturated heterocycles. The van der Waals surface area contributed by atoms with Crippen molar-refractivity contribution >= 4 is 26.8 Å². The van der Waals surface area contributed by atoms with E-state index in [0.29, 0.717) is 10.6 Å². The predicted octanol–water partition coefficient (Wildman–Crippen LogP) is 4.63. The van der Waals surface area contributed by atoms with Gasteiger partial charge in [0.15, 0.2) is 0 Å². The maximum atomic E-state index is 13.1. The zero-order valence-electron chi connectivity index (χ0n) is 12.8. The molecule has 124 valence electrons. The van der Waals surface area contributed by atoms with Crippen molar-refractivity contribution in [2.24, 2.45) is 0 Å². The average Bonchev–Trinajstić information content (AvgIpc) is 2.81. The second-order valence-corrected chi connectivity index (χ2v) is 10.4. The molecule has 0 aromatic heterocycles. The van der Waals surface area contributed by atoms with Crippen LogP contribution in [0.4, 0.5) is 0 Å². The fourth-order valence-electron chi connectivity index (χ4n) is 2.64. The molecule has 3 unspecified atom stereocenters. The van der Waals surface area contributed by atoms with Gasteiger partial charge in [0.2, 0.25) is 5.34 Å². The van der Waals surface area contributed by atoms with Gasteiger partial charge in [-0.3, -0.25) is 13.7 Å². The minimum Gasteiger partial charge on any atom is -0.312 e. The largest absolute Gasteiger partial charge is 0.366 e. The van der Waals surface area contributed by atoms with Crippen LogP contribution in [0, 0.1) is 0 Å². The van der Waals surface area contributed by atoms with Crippen LogP contribution in [0.15, 0.2) is 24.3 Å². The highest BCUT2D eigenvalue weighted by atomic mass is 35.5. The third kappa shape index (κ3) is 2.71. The Morgan fingerprint density at radius 2 is 1.82 bits per heavy atom. The lowest BCUT2D eigenvalue weighted by Crippen LogP contribution is -2.27. The lowest BCUT2D eigenvalue weighted by molar-refractivity contribution is 0.104. The molecule has 1 aliphatic heterocycles. The quantitative estimate of drug-likeness (QED) is 0.706. The number of rotatable bonds is 5. The summed E-state index contributed by atoms with van der Waals surface area (Å²) in [5.41, 5.74) is 0.0670. The second kappa shape index (κ2) is 6.37. The van der Waals surface area contributed by atoms with Crippen molar-refractivity contribution in [3.63, 3.8) is 0 Å². The molecule has 0 bridgehead atoms. The molecular formula is C13H19ClO6P2. The molecule has 6 nitrogen and oxygen atoms in total. The summed E-state index contributed by atoms with van der Waals surface area (Å²) in [5, 5.41) is -0.976. The van der Waals surface area contributed by atoms with Gasteiger partial charge in [-0.2, -0.15) is 0 Å². The monoisotopic (exact) mass is 368 g/mol. The van der Waals surface area contributed by atoms with Crippen LogP contribution in [-0.4, -0.2) is 27.0 Å². The van der Waals surface area contributed by atoms with E-state index in [4.69, 9.17) is 29.7 Å².